The SMILES string of the molecule is [2H]C([2H])([2H])c1c[c-]c(-c2ccc(C([2H])([2H])C(C)(C)C)cn2)cc1-c1ccccc1.[2H]C([2H])([2H])c1cc(C2([2H])CCCC2)ccc1-c1ccc(-c2cc(-c3[c-]ccc4c3oc3ccccc34)ncc2C([2H])([2H])[2H])c(C([2H])([2H])[2H])c1.[Ir]. The van der Waals surface area contributed by atoms with Crippen LogP contribution in [0.25, 0.3) is 77.8 Å². The van der Waals surface area contributed by atoms with Gasteiger partial charge < -0.3 is 14.4 Å². The van der Waals surface area contributed by atoms with Crippen molar-refractivity contribution in [2.24, 2.45) is 5.41 Å². The normalized spacial score (nSPS) is 17.8. The summed E-state index contributed by atoms with van der Waals surface area (Å²) in [4.78, 5) is 8.94. The molecule has 64 heavy (non-hydrogen) atoms. The van der Waals surface area contributed by atoms with Gasteiger partial charge in [-0.15, -0.1) is 47.5 Å². The van der Waals surface area contributed by atoms with Gasteiger partial charge in [0.25, 0.3) is 0 Å². The van der Waals surface area contributed by atoms with Crippen LogP contribution in [-0.4, -0.2) is 9.97 Å². The number of furan rings is 1. The molecule has 0 unspecified atom stereocenters. The smallest absolute Gasteiger partial charge is 0.120 e. The van der Waals surface area contributed by atoms with Crippen molar-refractivity contribution in [2.75, 3.05) is 0 Å². The average molecular weight is 1030 g/mol. The van der Waals surface area contributed by atoms with E-state index >= 15 is 0 Å². The first-order valence-corrected chi connectivity index (χ1v) is 21.2. The van der Waals surface area contributed by atoms with E-state index in [-0.39, 0.29) is 53.5 Å². The summed E-state index contributed by atoms with van der Waals surface area (Å²) >= 11 is 0. The van der Waals surface area contributed by atoms with Gasteiger partial charge in [0.1, 0.15) is 5.58 Å². The summed E-state index contributed by atoms with van der Waals surface area (Å²) < 4.78 is 131. The predicted molar refractivity (Wildman–Crippen MR) is 264 cm³/mol. The molecule has 0 N–H and O–H groups in total. The molecule has 4 heteroatoms. The zero-order valence-corrected chi connectivity index (χ0v) is 38.2. The van der Waals surface area contributed by atoms with Crippen molar-refractivity contribution in [3.63, 3.8) is 0 Å². The minimum atomic E-state index is -2.69. The Morgan fingerprint density at radius 2 is 1.41 bits per heavy atom. The van der Waals surface area contributed by atoms with E-state index in [0.29, 0.717) is 74.3 Å². The summed E-state index contributed by atoms with van der Waals surface area (Å²) in [6.45, 7) is -4.53. The number of benzene rings is 6. The van der Waals surface area contributed by atoms with Gasteiger partial charge in [-0.25, -0.2) is 0 Å². The van der Waals surface area contributed by atoms with Gasteiger partial charge in [-0.3, -0.25) is 0 Å². The number of para-hydroxylation sites is 1. The molecule has 0 aliphatic heterocycles. The van der Waals surface area contributed by atoms with Gasteiger partial charge in [0.2, 0.25) is 0 Å². The van der Waals surface area contributed by atoms with E-state index in [4.69, 9.17) is 25.0 Å². The van der Waals surface area contributed by atoms with Crippen molar-refractivity contribution in [3.8, 4) is 55.9 Å². The zero-order chi connectivity index (χ0) is 56.4. The number of fused-ring (bicyclic) bond motifs is 3. The fourth-order valence-corrected chi connectivity index (χ4v) is 8.30. The molecule has 1 aliphatic rings. The van der Waals surface area contributed by atoms with Crippen molar-refractivity contribution >= 4 is 21.9 Å². The van der Waals surface area contributed by atoms with Gasteiger partial charge in [0, 0.05) is 58.4 Å². The predicted octanol–water partition coefficient (Wildman–Crippen LogP) is 16.5. The van der Waals surface area contributed by atoms with Crippen molar-refractivity contribution in [1.29, 1.82) is 0 Å². The standard InChI is InChI=1S/C37H32NO.C23H24N.Ir/c1-23-19-27(26-9-4-5-10-26)15-17-29(23)28-16-18-30(24(2)20-28)34-21-35(38-22-25(34)3)33-13-8-12-32-31-11-6-7-14-36(31)39-37(32)33;1-17-10-12-20(14-21(17)19-8-6-5-7-9-19)22-13-11-18(16-24-22)15-23(2,3)4;/h6-8,11-12,14-22,26H,4-5,9-10H2,1-3H3;5-11,13-14,16H,15H2,1-4H3;/q2*-1;/i1D3,2D3,3D3,26D;1D3,15D2;. The Bertz CT molecular complexity index is 3660. The number of aromatic nitrogens is 2. The van der Waals surface area contributed by atoms with Crippen LogP contribution in [0.4, 0.5) is 0 Å². The second-order valence-corrected chi connectivity index (χ2v) is 17.0. The first-order chi connectivity index (χ1) is 36.5. The molecule has 1 saturated carbocycles. The Kier molecular flexibility index (Phi) is 8.78. The summed E-state index contributed by atoms with van der Waals surface area (Å²) in [6.07, 6.45) is 4.36. The third kappa shape index (κ3) is 9.60. The van der Waals surface area contributed by atoms with Crippen LogP contribution in [0, 0.1) is 45.0 Å². The molecule has 3 aromatic heterocycles. The van der Waals surface area contributed by atoms with Crippen molar-refractivity contribution in [3.05, 3.63) is 191 Å². The molecule has 1 radical (unpaired) electrons. The van der Waals surface area contributed by atoms with E-state index in [1.807, 2.05) is 81.4 Å². The van der Waals surface area contributed by atoms with Crippen molar-refractivity contribution < 1.29 is 45.1 Å². The Morgan fingerprint density at radius 3 is 2.17 bits per heavy atom. The van der Waals surface area contributed by atoms with Gasteiger partial charge in [-0.1, -0.05) is 160 Å². The number of hydrogen-bond acceptors (Lipinski definition) is 3. The maximum absolute atomic E-state index is 8.94. The Hall–Kier alpha value is -5.93. The summed E-state index contributed by atoms with van der Waals surface area (Å²) in [7, 11) is 0. The Morgan fingerprint density at radius 1 is 0.656 bits per heavy atom. The monoisotopic (exact) mass is 1030 g/mol. The number of aryl methyl sites for hydroxylation is 4. The maximum atomic E-state index is 8.94. The second-order valence-electron chi connectivity index (χ2n) is 17.0. The first kappa shape index (κ1) is 29.5. The van der Waals surface area contributed by atoms with Crippen LogP contribution in [0.2, 0.25) is 0 Å². The fourth-order valence-electron chi connectivity index (χ4n) is 8.30. The molecular weight excluding hydrogens is 957 g/mol. The number of hydrogen-bond donors (Lipinski definition) is 0. The summed E-state index contributed by atoms with van der Waals surface area (Å²) in [5.74, 6) is -0.860. The van der Waals surface area contributed by atoms with Crippen LogP contribution in [0.15, 0.2) is 150 Å². The number of pyridine rings is 2. The van der Waals surface area contributed by atoms with E-state index in [2.05, 4.69) is 22.1 Å². The molecule has 1 fully saturated rings. The minimum absolute atomic E-state index is 0. The molecule has 0 saturated heterocycles. The van der Waals surface area contributed by atoms with Crippen LogP contribution in [0.3, 0.4) is 0 Å². The van der Waals surface area contributed by atoms with Crippen LogP contribution >= 0.6 is 0 Å². The topological polar surface area (TPSA) is 38.9 Å². The van der Waals surface area contributed by atoms with E-state index in [9.17, 15) is 0 Å². The van der Waals surface area contributed by atoms with Crippen molar-refractivity contribution in [1.82, 2.24) is 9.97 Å². The molecule has 0 amide bonds. The summed E-state index contributed by atoms with van der Waals surface area (Å²) in [5.41, 5.74) is 6.38. The third-order valence-corrected chi connectivity index (χ3v) is 11.3. The van der Waals surface area contributed by atoms with Gasteiger partial charge in [0.15, 0.2) is 0 Å². The molecule has 6 aromatic carbocycles. The largest absolute Gasteiger partial charge is 0.501 e. The average Bonchev–Trinajstić information content (AvgIpc) is 4.11. The third-order valence-electron chi connectivity index (χ3n) is 11.3. The van der Waals surface area contributed by atoms with E-state index in [1.54, 1.807) is 60.8 Å². The number of nitrogens with zero attached hydrogens (tertiary/aromatic N) is 2. The fraction of sp³-hybridized carbons (Fsp3) is 0.233. The summed E-state index contributed by atoms with van der Waals surface area (Å²) in [6, 6.07) is 44.7. The molecule has 3 nitrogen and oxygen atoms in total. The molecule has 323 valence electrons. The van der Waals surface area contributed by atoms with E-state index in [1.165, 1.54) is 24.4 Å². The minimum Gasteiger partial charge on any atom is -0.501 e. The van der Waals surface area contributed by atoms with Gasteiger partial charge in [-0.2, -0.15) is 0 Å². The Labute approximate surface area is 414 Å². The number of rotatable bonds is 7. The van der Waals surface area contributed by atoms with Gasteiger partial charge >= 0.3 is 0 Å². The molecule has 10 rings (SSSR count). The molecule has 1 aliphatic carbocycles. The van der Waals surface area contributed by atoms with Crippen LogP contribution < -0.4 is 0 Å². The maximum Gasteiger partial charge on any atom is 0.120 e. The molecule has 9 aromatic rings. The van der Waals surface area contributed by atoms with Crippen LogP contribution in [-0.2, 0) is 26.5 Å². The van der Waals surface area contributed by atoms with E-state index < -0.39 is 45.1 Å². The molecule has 3 heterocycles. The Balaban J connectivity index is 0.000000234. The molecule has 0 bridgehead atoms. The quantitative estimate of drug-likeness (QED) is 0.149. The molecular formula is C60H56IrN2O-2. The van der Waals surface area contributed by atoms with Gasteiger partial charge in [-0.05, 0) is 124 Å². The van der Waals surface area contributed by atoms with Crippen molar-refractivity contribution in [2.45, 2.75) is 86.1 Å². The first-order valence-electron chi connectivity index (χ1n) is 28.7. The van der Waals surface area contributed by atoms with Gasteiger partial charge in [0.05, 0.1) is 5.58 Å². The zero-order valence-electron chi connectivity index (χ0n) is 50.8. The summed E-state index contributed by atoms with van der Waals surface area (Å²) in [5, 5.41) is 1.73. The molecule has 0 atom stereocenters. The second kappa shape index (κ2) is 19.0. The molecule has 0 spiro atoms. The van der Waals surface area contributed by atoms with Crippen LogP contribution in [0.1, 0.15) is 106 Å². The van der Waals surface area contributed by atoms with E-state index in [0.717, 1.165) is 29.2 Å². The van der Waals surface area contributed by atoms with Crippen LogP contribution in [0.5, 0.6) is 0 Å².